The Morgan fingerprint density at radius 2 is 1.92 bits per heavy atom. The van der Waals surface area contributed by atoms with Crippen molar-refractivity contribution in [3.8, 4) is 11.5 Å². The van der Waals surface area contributed by atoms with Crippen LogP contribution in [0.15, 0.2) is 36.4 Å². The van der Waals surface area contributed by atoms with Gasteiger partial charge in [-0.15, -0.1) is 0 Å². The standard InChI is InChI=1S/C20H22N2O3/c1-13-3-5-17(9-14(13)2)21-20(23)22-8-7-16(11-22)15-4-6-18-19(10-15)25-12-24-18/h3-6,9-10,16H,7-8,11-12H2,1-2H3,(H,21,23). The van der Waals surface area contributed by atoms with Crippen LogP contribution < -0.4 is 14.8 Å². The number of carbonyl (C=O) groups is 1. The summed E-state index contributed by atoms with van der Waals surface area (Å²) in [6.45, 7) is 5.88. The second-order valence-corrected chi connectivity index (χ2v) is 6.77. The quantitative estimate of drug-likeness (QED) is 0.898. The zero-order valence-electron chi connectivity index (χ0n) is 14.5. The zero-order chi connectivity index (χ0) is 17.4. The van der Waals surface area contributed by atoms with Gasteiger partial charge in [0.2, 0.25) is 6.79 Å². The maximum atomic E-state index is 12.5. The molecule has 0 spiro atoms. The maximum absolute atomic E-state index is 12.5. The predicted octanol–water partition coefficient (Wildman–Crippen LogP) is 4.05. The molecule has 0 aromatic heterocycles. The molecule has 4 rings (SSSR count). The van der Waals surface area contributed by atoms with E-state index in [1.807, 2.05) is 35.2 Å². The lowest BCUT2D eigenvalue weighted by molar-refractivity contribution is 0.174. The highest BCUT2D eigenvalue weighted by Gasteiger charge is 2.28. The van der Waals surface area contributed by atoms with Gasteiger partial charge in [-0.25, -0.2) is 4.79 Å². The largest absolute Gasteiger partial charge is 0.454 e. The average molecular weight is 338 g/mol. The molecule has 2 aliphatic rings. The summed E-state index contributed by atoms with van der Waals surface area (Å²) < 4.78 is 10.8. The van der Waals surface area contributed by atoms with Crippen molar-refractivity contribution in [3.05, 3.63) is 53.1 Å². The fourth-order valence-corrected chi connectivity index (χ4v) is 3.41. The number of urea groups is 1. The van der Waals surface area contributed by atoms with E-state index in [1.54, 1.807) is 0 Å². The Morgan fingerprint density at radius 1 is 1.08 bits per heavy atom. The van der Waals surface area contributed by atoms with E-state index < -0.39 is 0 Å². The fourth-order valence-electron chi connectivity index (χ4n) is 3.41. The van der Waals surface area contributed by atoms with E-state index in [4.69, 9.17) is 9.47 Å². The van der Waals surface area contributed by atoms with Crippen molar-refractivity contribution in [1.29, 1.82) is 0 Å². The van der Waals surface area contributed by atoms with Crippen molar-refractivity contribution in [2.45, 2.75) is 26.2 Å². The highest BCUT2D eigenvalue weighted by atomic mass is 16.7. The molecule has 1 unspecified atom stereocenters. The highest BCUT2D eigenvalue weighted by Crippen LogP contribution is 2.37. The molecular weight excluding hydrogens is 316 g/mol. The van der Waals surface area contributed by atoms with Crippen molar-refractivity contribution in [2.75, 3.05) is 25.2 Å². The topological polar surface area (TPSA) is 50.8 Å². The number of nitrogens with zero attached hydrogens (tertiary/aromatic N) is 1. The molecule has 0 saturated carbocycles. The monoisotopic (exact) mass is 338 g/mol. The first kappa shape index (κ1) is 15.8. The van der Waals surface area contributed by atoms with Crippen LogP contribution >= 0.6 is 0 Å². The summed E-state index contributed by atoms with van der Waals surface area (Å²) >= 11 is 0. The minimum Gasteiger partial charge on any atom is -0.454 e. The molecule has 2 heterocycles. The van der Waals surface area contributed by atoms with Crippen LogP contribution in [0.25, 0.3) is 0 Å². The third kappa shape index (κ3) is 3.14. The lowest BCUT2D eigenvalue weighted by Gasteiger charge is -2.18. The Morgan fingerprint density at radius 3 is 2.76 bits per heavy atom. The van der Waals surface area contributed by atoms with Gasteiger partial charge in [-0.2, -0.15) is 0 Å². The smallest absolute Gasteiger partial charge is 0.321 e. The number of fused-ring (bicyclic) bond motifs is 1. The van der Waals surface area contributed by atoms with E-state index in [9.17, 15) is 4.79 Å². The van der Waals surface area contributed by atoms with Crippen molar-refractivity contribution in [1.82, 2.24) is 4.90 Å². The minimum atomic E-state index is -0.0357. The predicted molar refractivity (Wildman–Crippen MR) is 96.4 cm³/mol. The van der Waals surface area contributed by atoms with Crippen LogP contribution in [0, 0.1) is 13.8 Å². The lowest BCUT2D eigenvalue weighted by Crippen LogP contribution is -2.32. The molecular formula is C20H22N2O3. The average Bonchev–Trinajstić information content (AvgIpc) is 3.26. The van der Waals surface area contributed by atoms with Crippen LogP contribution in [0.2, 0.25) is 0 Å². The Balaban J connectivity index is 1.41. The molecule has 2 amide bonds. The molecule has 0 aliphatic carbocycles. The highest BCUT2D eigenvalue weighted by molar-refractivity contribution is 5.89. The van der Waals surface area contributed by atoms with E-state index in [0.717, 1.165) is 36.7 Å². The number of rotatable bonds is 2. The Hall–Kier alpha value is -2.69. The van der Waals surface area contributed by atoms with Crippen molar-refractivity contribution < 1.29 is 14.3 Å². The second-order valence-electron chi connectivity index (χ2n) is 6.77. The van der Waals surface area contributed by atoms with E-state index in [1.165, 1.54) is 16.7 Å². The number of aryl methyl sites for hydroxylation is 2. The fraction of sp³-hybridized carbons (Fsp3) is 0.350. The third-order valence-electron chi connectivity index (χ3n) is 5.10. The number of likely N-dealkylation sites (tertiary alicyclic amines) is 1. The molecule has 25 heavy (non-hydrogen) atoms. The molecule has 5 heteroatoms. The van der Waals surface area contributed by atoms with Crippen molar-refractivity contribution in [2.24, 2.45) is 0 Å². The SMILES string of the molecule is Cc1ccc(NC(=O)N2CCC(c3ccc4c(c3)OCO4)C2)cc1C. The lowest BCUT2D eigenvalue weighted by atomic mass is 9.98. The normalized spacial score (nSPS) is 18.5. The summed E-state index contributed by atoms with van der Waals surface area (Å²) in [5.41, 5.74) is 4.45. The molecule has 2 aromatic rings. The summed E-state index contributed by atoms with van der Waals surface area (Å²) in [6, 6.07) is 12.0. The van der Waals surface area contributed by atoms with E-state index in [-0.39, 0.29) is 12.8 Å². The van der Waals surface area contributed by atoms with E-state index in [2.05, 4.69) is 25.2 Å². The Labute approximate surface area is 147 Å². The summed E-state index contributed by atoms with van der Waals surface area (Å²) in [5.74, 6) is 1.93. The van der Waals surface area contributed by atoms with Crippen LogP contribution in [0.4, 0.5) is 10.5 Å². The summed E-state index contributed by atoms with van der Waals surface area (Å²) in [7, 11) is 0. The molecule has 1 atom stereocenters. The number of hydrogen-bond acceptors (Lipinski definition) is 3. The van der Waals surface area contributed by atoms with E-state index in [0.29, 0.717) is 5.92 Å². The second kappa shape index (κ2) is 6.31. The molecule has 1 saturated heterocycles. The molecule has 0 radical (unpaired) electrons. The molecule has 130 valence electrons. The van der Waals surface area contributed by atoms with E-state index >= 15 is 0 Å². The molecule has 0 bridgehead atoms. The number of anilines is 1. The third-order valence-corrected chi connectivity index (χ3v) is 5.10. The Bertz CT molecular complexity index is 819. The van der Waals surface area contributed by atoms with Crippen LogP contribution in [0.3, 0.4) is 0 Å². The first-order chi connectivity index (χ1) is 12.1. The van der Waals surface area contributed by atoms with Crippen LogP contribution in [-0.4, -0.2) is 30.8 Å². The number of amides is 2. The van der Waals surface area contributed by atoms with Gasteiger partial charge in [0.25, 0.3) is 0 Å². The molecule has 2 aliphatic heterocycles. The Kier molecular flexibility index (Phi) is 3.99. The van der Waals surface area contributed by atoms with Crippen LogP contribution in [0.5, 0.6) is 11.5 Å². The number of ether oxygens (including phenoxy) is 2. The van der Waals surface area contributed by atoms with Crippen molar-refractivity contribution >= 4 is 11.7 Å². The van der Waals surface area contributed by atoms with Crippen LogP contribution in [0.1, 0.15) is 29.0 Å². The van der Waals surface area contributed by atoms with Gasteiger partial charge in [0, 0.05) is 24.7 Å². The summed E-state index contributed by atoms with van der Waals surface area (Å²) in [6.07, 6.45) is 0.958. The van der Waals surface area contributed by atoms with Gasteiger partial charge < -0.3 is 19.7 Å². The van der Waals surface area contributed by atoms with Crippen molar-refractivity contribution in [3.63, 3.8) is 0 Å². The summed E-state index contributed by atoms with van der Waals surface area (Å²) in [4.78, 5) is 14.4. The summed E-state index contributed by atoms with van der Waals surface area (Å²) in [5, 5.41) is 3.01. The molecule has 1 fully saturated rings. The van der Waals surface area contributed by atoms with Gasteiger partial charge in [-0.1, -0.05) is 12.1 Å². The van der Waals surface area contributed by atoms with Gasteiger partial charge in [0.1, 0.15) is 0 Å². The maximum Gasteiger partial charge on any atom is 0.321 e. The molecule has 1 N–H and O–H groups in total. The number of benzene rings is 2. The molecule has 2 aromatic carbocycles. The first-order valence-corrected chi connectivity index (χ1v) is 8.63. The number of carbonyl (C=O) groups excluding carboxylic acids is 1. The van der Waals surface area contributed by atoms with Gasteiger partial charge in [-0.3, -0.25) is 0 Å². The number of hydrogen-bond donors (Lipinski definition) is 1. The molecule has 5 nitrogen and oxygen atoms in total. The van der Waals surface area contributed by atoms with Gasteiger partial charge in [0.05, 0.1) is 0 Å². The van der Waals surface area contributed by atoms with Gasteiger partial charge in [-0.05, 0) is 61.2 Å². The van der Waals surface area contributed by atoms with Crippen LogP contribution in [-0.2, 0) is 0 Å². The zero-order valence-corrected chi connectivity index (χ0v) is 14.5. The first-order valence-electron chi connectivity index (χ1n) is 8.63. The van der Waals surface area contributed by atoms with Gasteiger partial charge >= 0.3 is 6.03 Å². The number of nitrogens with one attached hydrogen (secondary N) is 1. The van der Waals surface area contributed by atoms with Gasteiger partial charge in [0.15, 0.2) is 11.5 Å². The minimum absolute atomic E-state index is 0.0357.